The summed E-state index contributed by atoms with van der Waals surface area (Å²) in [5.74, 6) is 0.358. The topological polar surface area (TPSA) is 76.0 Å². The van der Waals surface area contributed by atoms with Crippen molar-refractivity contribution < 1.29 is 23.6 Å². The molecule has 0 aliphatic rings. The molecule has 0 aliphatic heterocycles. The Labute approximate surface area is 152 Å². The molecule has 0 aliphatic carbocycles. The van der Waals surface area contributed by atoms with Crippen LogP contribution in [0.25, 0.3) is 0 Å². The summed E-state index contributed by atoms with van der Waals surface area (Å²) in [5, 5.41) is 10.7. The molecule has 0 radical (unpaired) electrons. The Morgan fingerprint density at radius 2 is 1.48 bits per heavy atom. The lowest BCUT2D eigenvalue weighted by atomic mass is 9.78. The fraction of sp³-hybridized carbons (Fsp3) is 0.684. The van der Waals surface area contributed by atoms with Crippen molar-refractivity contribution in [3.8, 4) is 5.75 Å². The molecule has 0 heterocycles. The van der Waals surface area contributed by atoms with Crippen molar-refractivity contribution in [1.82, 2.24) is 0 Å². The van der Waals surface area contributed by atoms with Crippen molar-refractivity contribution in [2.75, 3.05) is 13.2 Å². The van der Waals surface area contributed by atoms with Gasteiger partial charge in [0, 0.05) is 0 Å². The monoisotopic (exact) mass is 372 g/mol. The molecule has 0 aromatic heterocycles. The Hall–Kier alpha value is -0.870. The summed E-state index contributed by atoms with van der Waals surface area (Å²) >= 11 is 0. The third kappa shape index (κ3) is 6.74. The average molecular weight is 372 g/mol. The molecule has 1 aromatic carbocycles. The van der Waals surface area contributed by atoms with E-state index in [-0.39, 0.29) is 24.0 Å². The number of phosphoric ester groups is 1. The first-order chi connectivity index (χ1) is 11.3. The predicted molar refractivity (Wildman–Crippen MR) is 101 cm³/mol. The first kappa shape index (κ1) is 22.2. The van der Waals surface area contributed by atoms with Gasteiger partial charge in [0.1, 0.15) is 5.75 Å². The van der Waals surface area contributed by atoms with Crippen LogP contribution in [0, 0.1) is 0 Å². The smallest absolute Gasteiger partial charge is 0.472 e. The summed E-state index contributed by atoms with van der Waals surface area (Å²) in [6, 6.07) is 4.04. The van der Waals surface area contributed by atoms with Gasteiger partial charge in [-0.3, -0.25) is 9.05 Å². The van der Waals surface area contributed by atoms with E-state index in [4.69, 9.17) is 4.52 Å². The van der Waals surface area contributed by atoms with E-state index >= 15 is 0 Å². The van der Waals surface area contributed by atoms with Crippen LogP contribution in [0.5, 0.6) is 5.75 Å². The molecule has 25 heavy (non-hydrogen) atoms. The summed E-state index contributed by atoms with van der Waals surface area (Å²) in [5.41, 5.74) is 2.56. The highest BCUT2D eigenvalue weighted by atomic mass is 31.2. The molecule has 0 fully saturated rings. The maximum absolute atomic E-state index is 11.5. The van der Waals surface area contributed by atoms with Crippen LogP contribution < -0.4 is 0 Å². The van der Waals surface area contributed by atoms with Crippen LogP contribution in [0.1, 0.15) is 71.6 Å². The van der Waals surface area contributed by atoms with Gasteiger partial charge in [-0.25, -0.2) is 4.57 Å². The number of phenols is 1. The van der Waals surface area contributed by atoms with Gasteiger partial charge in [-0.15, -0.1) is 0 Å². The van der Waals surface area contributed by atoms with E-state index in [2.05, 4.69) is 46.1 Å². The summed E-state index contributed by atoms with van der Waals surface area (Å²) < 4.78 is 21.1. The normalized spacial score (nSPS) is 15.2. The number of hydrogen-bond acceptors (Lipinski definition) is 4. The molecular formula is C19H33O5P. The standard InChI is InChI=1S/C19H33O5P/c1-8-23-25(21,22)24-11-9-10-14-12-15(18(2,3)4)17(20)16(13-14)19(5,6)7/h12-13,20H,8-11H2,1-7H3,(H,21,22). The van der Waals surface area contributed by atoms with Crippen LogP contribution in [0.3, 0.4) is 0 Å². The van der Waals surface area contributed by atoms with E-state index in [1.165, 1.54) is 0 Å². The first-order valence-corrected chi connectivity index (χ1v) is 10.3. The quantitative estimate of drug-likeness (QED) is 0.516. The van der Waals surface area contributed by atoms with Crippen LogP contribution in [-0.4, -0.2) is 23.2 Å². The minimum atomic E-state index is -3.93. The first-order valence-electron chi connectivity index (χ1n) is 8.76. The maximum Gasteiger partial charge on any atom is 0.472 e. The Morgan fingerprint density at radius 1 is 1.00 bits per heavy atom. The third-order valence-corrected chi connectivity index (χ3v) is 5.04. The van der Waals surface area contributed by atoms with E-state index in [1.54, 1.807) is 6.92 Å². The predicted octanol–water partition coefficient (Wildman–Crippen LogP) is 5.07. The van der Waals surface area contributed by atoms with Crippen molar-refractivity contribution in [2.45, 2.75) is 72.1 Å². The number of aryl methyl sites for hydroxylation is 1. The summed E-state index contributed by atoms with van der Waals surface area (Å²) in [7, 11) is -3.93. The van der Waals surface area contributed by atoms with Crippen LogP contribution in [-0.2, 0) is 30.9 Å². The van der Waals surface area contributed by atoms with Crippen LogP contribution in [0.2, 0.25) is 0 Å². The zero-order chi connectivity index (χ0) is 19.5. The van der Waals surface area contributed by atoms with E-state index in [1.807, 2.05) is 12.1 Å². The summed E-state index contributed by atoms with van der Waals surface area (Å²) in [4.78, 5) is 9.43. The van der Waals surface area contributed by atoms with Gasteiger partial charge in [0.15, 0.2) is 0 Å². The average Bonchev–Trinajstić information content (AvgIpc) is 2.42. The summed E-state index contributed by atoms with van der Waals surface area (Å²) in [6.45, 7) is 14.4. The minimum Gasteiger partial charge on any atom is -0.507 e. The second-order valence-corrected chi connectivity index (χ2v) is 9.82. The molecule has 0 spiro atoms. The molecule has 0 saturated heterocycles. The highest BCUT2D eigenvalue weighted by Gasteiger charge is 2.26. The van der Waals surface area contributed by atoms with Gasteiger partial charge < -0.3 is 10.00 Å². The van der Waals surface area contributed by atoms with Gasteiger partial charge in [-0.05, 0) is 47.3 Å². The second-order valence-electron chi connectivity index (χ2n) is 8.36. The second kappa shape index (κ2) is 8.22. The molecule has 1 atom stereocenters. The maximum atomic E-state index is 11.5. The fourth-order valence-electron chi connectivity index (χ4n) is 2.64. The largest absolute Gasteiger partial charge is 0.507 e. The van der Waals surface area contributed by atoms with Crippen LogP contribution in [0.15, 0.2) is 12.1 Å². The zero-order valence-corrected chi connectivity index (χ0v) is 17.4. The Morgan fingerprint density at radius 3 is 1.88 bits per heavy atom. The number of rotatable bonds is 7. The van der Waals surface area contributed by atoms with Gasteiger partial charge in [-0.2, -0.15) is 0 Å². The molecule has 1 rings (SSSR count). The third-order valence-electron chi connectivity index (χ3n) is 3.94. The molecule has 6 heteroatoms. The molecule has 1 unspecified atom stereocenters. The Balaban J connectivity index is 2.95. The van der Waals surface area contributed by atoms with Crippen molar-refractivity contribution in [2.24, 2.45) is 0 Å². The Kier molecular flexibility index (Phi) is 7.29. The van der Waals surface area contributed by atoms with Crippen molar-refractivity contribution in [3.63, 3.8) is 0 Å². The molecule has 5 nitrogen and oxygen atoms in total. The lowest BCUT2D eigenvalue weighted by molar-refractivity contribution is 0.154. The lowest BCUT2D eigenvalue weighted by Gasteiger charge is -2.28. The highest BCUT2D eigenvalue weighted by molar-refractivity contribution is 7.47. The highest BCUT2D eigenvalue weighted by Crippen LogP contribution is 2.43. The van der Waals surface area contributed by atoms with E-state index in [0.29, 0.717) is 18.6 Å². The van der Waals surface area contributed by atoms with Gasteiger partial charge in [-0.1, -0.05) is 53.7 Å². The molecule has 0 bridgehead atoms. The van der Waals surface area contributed by atoms with Gasteiger partial charge in [0.25, 0.3) is 0 Å². The number of hydrogen-bond donors (Lipinski definition) is 2. The van der Waals surface area contributed by atoms with Crippen LogP contribution >= 0.6 is 7.82 Å². The number of aromatic hydroxyl groups is 1. The SMILES string of the molecule is CCOP(=O)(O)OCCCc1cc(C(C)(C)C)c(O)c(C(C)(C)C)c1. The minimum absolute atomic E-state index is 0.135. The van der Waals surface area contributed by atoms with Gasteiger partial charge in [0.2, 0.25) is 0 Å². The number of benzene rings is 1. The van der Waals surface area contributed by atoms with Crippen molar-refractivity contribution in [3.05, 3.63) is 28.8 Å². The molecule has 0 amide bonds. The van der Waals surface area contributed by atoms with E-state index in [0.717, 1.165) is 16.7 Å². The Bertz CT molecular complexity index is 591. The van der Waals surface area contributed by atoms with Crippen molar-refractivity contribution >= 4 is 7.82 Å². The van der Waals surface area contributed by atoms with Gasteiger partial charge >= 0.3 is 7.82 Å². The number of phenolic OH excluding ortho intramolecular Hbond substituents is 1. The fourth-order valence-corrected chi connectivity index (χ4v) is 3.40. The van der Waals surface area contributed by atoms with E-state index in [9.17, 15) is 14.6 Å². The van der Waals surface area contributed by atoms with Crippen molar-refractivity contribution in [1.29, 1.82) is 0 Å². The van der Waals surface area contributed by atoms with Crippen LogP contribution in [0.4, 0.5) is 0 Å². The molecule has 144 valence electrons. The molecule has 0 saturated carbocycles. The number of phosphoric acid groups is 1. The molecule has 1 aromatic rings. The molecule has 2 N–H and O–H groups in total. The molecular weight excluding hydrogens is 339 g/mol. The van der Waals surface area contributed by atoms with Gasteiger partial charge in [0.05, 0.1) is 13.2 Å². The zero-order valence-electron chi connectivity index (χ0n) is 16.5. The summed E-state index contributed by atoms with van der Waals surface area (Å²) in [6.07, 6.45) is 1.29. The lowest BCUT2D eigenvalue weighted by Crippen LogP contribution is -2.18. The van der Waals surface area contributed by atoms with E-state index < -0.39 is 7.82 Å².